The standard InChI is InChI=1S/C22H24O8/c1-28-14-5-4-11-9-12-3-2-7-21-17(11)18(14)30-19(21)15(6-8-22(12,21)27)29-16(24)10-13(23)20(25)26/h4-6,12-13,19,23,27H,2-3,7-10H2,1H3,(H,25,26)/t12-,13+,19+,21+,22-/m0/s1. The number of aliphatic carboxylic acids is 1. The largest absolute Gasteiger partial charge is 0.493 e. The van der Waals surface area contributed by atoms with Crippen LogP contribution in [0.1, 0.15) is 43.2 Å². The molecule has 160 valence electrons. The highest BCUT2D eigenvalue weighted by molar-refractivity contribution is 5.81. The molecule has 0 unspecified atom stereocenters. The number of rotatable bonds is 5. The number of ether oxygens (including phenoxy) is 3. The van der Waals surface area contributed by atoms with E-state index in [0.717, 1.165) is 30.4 Å². The zero-order chi connectivity index (χ0) is 21.3. The van der Waals surface area contributed by atoms with Gasteiger partial charge in [-0.2, -0.15) is 0 Å². The molecule has 1 aromatic carbocycles. The van der Waals surface area contributed by atoms with Crippen molar-refractivity contribution in [3.63, 3.8) is 0 Å². The second kappa shape index (κ2) is 6.46. The van der Waals surface area contributed by atoms with Crippen LogP contribution >= 0.6 is 0 Å². The third-order valence-corrected chi connectivity index (χ3v) is 7.34. The van der Waals surface area contributed by atoms with Crippen molar-refractivity contribution in [3.8, 4) is 11.5 Å². The summed E-state index contributed by atoms with van der Waals surface area (Å²) in [6, 6.07) is 3.89. The van der Waals surface area contributed by atoms with Gasteiger partial charge in [-0.15, -0.1) is 0 Å². The van der Waals surface area contributed by atoms with Crippen molar-refractivity contribution in [2.24, 2.45) is 5.92 Å². The molecular formula is C22H24O8. The first-order valence-electron chi connectivity index (χ1n) is 10.2. The lowest BCUT2D eigenvalue weighted by atomic mass is 9.47. The first-order valence-corrected chi connectivity index (χ1v) is 10.2. The van der Waals surface area contributed by atoms with E-state index in [1.807, 2.05) is 12.1 Å². The van der Waals surface area contributed by atoms with Gasteiger partial charge in [0.2, 0.25) is 0 Å². The maximum absolute atomic E-state index is 12.3. The predicted molar refractivity (Wildman–Crippen MR) is 102 cm³/mol. The van der Waals surface area contributed by atoms with E-state index in [9.17, 15) is 19.8 Å². The number of carboxylic acids is 1. The summed E-state index contributed by atoms with van der Waals surface area (Å²) in [7, 11) is 1.56. The molecule has 0 amide bonds. The van der Waals surface area contributed by atoms with Crippen molar-refractivity contribution in [1.82, 2.24) is 0 Å². The molecule has 1 aliphatic heterocycles. The Kier molecular flexibility index (Phi) is 4.17. The molecule has 4 aliphatic rings. The first kappa shape index (κ1) is 19.4. The SMILES string of the molecule is COc1ccc2c3c1O[C@@H]1C(OC(=O)C[C@@H](O)C(=O)O)=CC[C@]4(O)[C@@H](CCC[C@@]314)C2. The summed E-state index contributed by atoms with van der Waals surface area (Å²) in [6.45, 7) is 0. The molecule has 5 rings (SSSR count). The van der Waals surface area contributed by atoms with E-state index in [4.69, 9.17) is 19.3 Å². The summed E-state index contributed by atoms with van der Waals surface area (Å²) in [5, 5.41) is 30.2. The van der Waals surface area contributed by atoms with Crippen LogP contribution in [-0.2, 0) is 26.2 Å². The highest BCUT2D eigenvalue weighted by Gasteiger charge is 2.70. The van der Waals surface area contributed by atoms with Gasteiger partial charge in [-0.1, -0.05) is 12.5 Å². The fourth-order valence-corrected chi connectivity index (χ4v) is 6.10. The monoisotopic (exact) mass is 416 g/mol. The van der Waals surface area contributed by atoms with Crippen molar-refractivity contribution >= 4 is 11.9 Å². The fourth-order valence-electron chi connectivity index (χ4n) is 6.10. The molecule has 3 N–H and O–H groups in total. The number of carboxylic acid groups (broad SMARTS) is 1. The van der Waals surface area contributed by atoms with Crippen LogP contribution in [0.4, 0.5) is 0 Å². The Morgan fingerprint density at radius 3 is 2.90 bits per heavy atom. The number of benzene rings is 1. The number of carbonyl (C=O) groups is 2. The summed E-state index contributed by atoms with van der Waals surface area (Å²) in [4.78, 5) is 23.2. The molecule has 0 aromatic heterocycles. The molecule has 30 heavy (non-hydrogen) atoms. The van der Waals surface area contributed by atoms with E-state index in [2.05, 4.69) is 0 Å². The third kappa shape index (κ3) is 2.34. The van der Waals surface area contributed by atoms with Crippen molar-refractivity contribution in [3.05, 3.63) is 35.1 Å². The van der Waals surface area contributed by atoms with Gasteiger partial charge in [0.25, 0.3) is 0 Å². The van der Waals surface area contributed by atoms with Crippen LogP contribution in [0.25, 0.3) is 0 Å². The van der Waals surface area contributed by atoms with Gasteiger partial charge in [0.05, 0.1) is 24.5 Å². The van der Waals surface area contributed by atoms with E-state index in [0.29, 0.717) is 24.3 Å². The van der Waals surface area contributed by atoms with Crippen LogP contribution in [0, 0.1) is 5.92 Å². The van der Waals surface area contributed by atoms with Crippen LogP contribution in [0.3, 0.4) is 0 Å². The normalized spacial score (nSPS) is 33.6. The highest BCUT2D eigenvalue weighted by Crippen LogP contribution is 2.67. The van der Waals surface area contributed by atoms with Crippen molar-refractivity contribution in [1.29, 1.82) is 0 Å². The number of esters is 1. The average Bonchev–Trinajstić information content (AvgIpc) is 3.04. The Morgan fingerprint density at radius 1 is 1.37 bits per heavy atom. The molecule has 1 saturated carbocycles. The van der Waals surface area contributed by atoms with Crippen molar-refractivity contribution in [2.75, 3.05) is 7.11 Å². The average molecular weight is 416 g/mol. The van der Waals surface area contributed by atoms with E-state index < -0.39 is 41.6 Å². The van der Waals surface area contributed by atoms with E-state index in [1.165, 1.54) is 0 Å². The molecule has 1 heterocycles. The molecule has 0 saturated heterocycles. The topological polar surface area (TPSA) is 123 Å². The van der Waals surface area contributed by atoms with E-state index >= 15 is 0 Å². The van der Waals surface area contributed by atoms with Crippen molar-refractivity contribution < 1.29 is 39.1 Å². The van der Waals surface area contributed by atoms with Gasteiger partial charge in [-0.25, -0.2) is 4.79 Å². The number of methoxy groups -OCH3 is 1. The second-order valence-electron chi connectivity index (χ2n) is 8.66. The molecular weight excluding hydrogens is 392 g/mol. The lowest BCUT2D eigenvalue weighted by Crippen LogP contribution is -2.67. The van der Waals surface area contributed by atoms with Crippen LogP contribution < -0.4 is 9.47 Å². The molecule has 1 fully saturated rings. The Labute approximate surface area is 173 Å². The maximum Gasteiger partial charge on any atom is 0.333 e. The molecule has 8 heteroatoms. The van der Waals surface area contributed by atoms with Crippen LogP contribution in [0.2, 0.25) is 0 Å². The molecule has 1 spiro atoms. The lowest BCUT2D eigenvalue weighted by Gasteiger charge is -2.59. The maximum atomic E-state index is 12.3. The van der Waals surface area contributed by atoms with Gasteiger partial charge >= 0.3 is 11.9 Å². The summed E-state index contributed by atoms with van der Waals surface area (Å²) >= 11 is 0. The number of aliphatic hydroxyl groups excluding tert-OH is 1. The molecule has 1 aromatic rings. The Morgan fingerprint density at radius 2 is 2.17 bits per heavy atom. The van der Waals surface area contributed by atoms with Gasteiger partial charge in [0.1, 0.15) is 5.76 Å². The predicted octanol–water partition coefficient (Wildman–Crippen LogP) is 1.45. The highest BCUT2D eigenvalue weighted by atomic mass is 16.6. The summed E-state index contributed by atoms with van der Waals surface area (Å²) in [5.41, 5.74) is 0.300. The third-order valence-electron chi connectivity index (χ3n) is 7.34. The number of aliphatic hydroxyl groups is 2. The lowest BCUT2D eigenvalue weighted by molar-refractivity contribution is -0.163. The van der Waals surface area contributed by atoms with Gasteiger partial charge in [-0.3, -0.25) is 4.79 Å². The van der Waals surface area contributed by atoms with Crippen LogP contribution in [0.15, 0.2) is 24.0 Å². The molecule has 3 aliphatic carbocycles. The Bertz CT molecular complexity index is 968. The quantitative estimate of drug-likeness (QED) is 0.617. The first-order chi connectivity index (χ1) is 14.3. The smallest absolute Gasteiger partial charge is 0.333 e. The molecule has 5 atom stereocenters. The number of carbonyl (C=O) groups excluding carboxylic acids is 1. The minimum absolute atomic E-state index is 0.0755. The summed E-state index contributed by atoms with van der Waals surface area (Å²) < 4.78 is 17.3. The second-order valence-corrected chi connectivity index (χ2v) is 8.66. The van der Waals surface area contributed by atoms with E-state index in [-0.39, 0.29) is 11.7 Å². The zero-order valence-electron chi connectivity index (χ0n) is 16.6. The van der Waals surface area contributed by atoms with Crippen LogP contribution in [-0.4, -0.2) is 52.2 Å². The Balaban J connectivity index is 1.58. The van der Waals surface area contributed by atoms with Gasteiger partial charge in [0.15, 0.2) is 23.7 Å². The summed E-state index contributed by atoms with van der Waals surface area (Å²) in [5.74, 6) is -0.864. The number of hydrogen-bond acceptors (Lipinski definition) is 7. The number of hydrogen-bond donors (Lipinski definition) is 3. The van der Waals surface area contributed by atoms with E-state index in [1.54, 1.807) is 13.2 Å². The minimum atomic E-state index is -1.83. The summed E-state index contributed by atoms with van der Waals surface area (Å²) in [6.07, 6.45) is 2.06. The zero-order valence-corrected chi connectivity index (χ0v) is 16.6. The Hall–Kier alpha value is -2.58. The molecule has 2 bridgehead atoms. The molecule has 0 radical (unpaired) electrons. The minimum Gasteiger partial charge on any atom is -0.493 e. The fraction of sp³-hybridized carbons (Fsp3) is 0.545. The van der Waals surface area contributed by atoms with Crippen LogP contribution in [0.5, 0.6) is 11.5 Å². The molecule has 8 nitrogen and oxygen atoms in total. The van der Waals surface area contributed by atoms with Gasteiger partial charge in [-0.05, 0) is 49.3 Å². The van der Waals surface area contributed by atoms with Gasteiger partial charge < -0.3 is 29.5 Å². The van der Waals surface area contributed by atoms with Crippen molar-refractivity contribution in [2.45, 2.75) is 61.7 Å². The van der Waals surface area contributed by atoms with Gasteiger partial charge in [0, 0.05) is 5.56 Å².